The van der Waals surface area contributed by atoms with Gasteiger partial charge >= 0.3 is 5.97 Å². The summed E-state index contributed by atoms with van der Waals surface area (Å²) in [6.45, 7) is 4.17. The molecule has 7 nitrogen and oxygen atoms in total. The number of aryl methyl sites for hydroxylation is 2. The lowest BCUT2D eigenvalue weighted by atomic mass is 10.3. The number of fused-ring (bicyclic) bond motifs is 1. The summed E-state index contributed by atoms with van der Waals surface area (Å²) in [7, 11) is 1.81. The lowest BCUT2D eigenvalue weighted by Crippen LogP contribution is -2.16. The smallest absolute Gasteiger partial charge is 0.326 e. The molecule has 18 heavy (non-hydrogen) atoms. The summed E-state index contributed by atoms with van der Waals surface area (Å²) in [6, 6.07) is 0. The van der Waals surface area contributed by atoms with Gasteiger partial charge in [0.25, 0.3) is 0 Å². The summed E-state index contributed by atoms with van der Waals surface area (Å²) >= 11 is 0. The molecular formula is C11H17N5O2. The molecule has 2 aromatic rings. The first kappa shape index (κ1) is 12.4. The van der Waals surface area contributed by atoms with Crippen molar-refractivity contribution in [3.63, 3.8) is 0 Å². The fourth-order valence-corrected chi connectivity index (χ4v) is 1.99. The number of hydrogen-bond donors (Lipinski definition) is 1. The number of nitrogens with two attached hydrogens (primary N) is 1. The molecular weight excluding hydrogens is 234 g/mol. The number of hydrogen-bond acceptors (Lipinski definition) is 5. The largest absolute Gasteiger partial charge is 0.465 e. The van der Waals surface area contributed by atoms with Gasteiger partial charge in [0.1, 0.15) is 12.1 Å². The number of imidazole rings is 1. The molecule has 2 rings (SSSR count). The molecule has 0 saturated carbocycles. The van der Waals surface area contributed by atoms with Crippen molar-refractivity contribution in [1.29, 1.82) is 0 Å². The van der Waals surface area contributed by atoms with Gasteiger partial charge in [0.05, 0.1) is 12.3 Å². The van der Waals surface area contributed by atoms with Crippen LogP contribution >= 0.6 is 0 Å². The zero-order valence-corrected chi connectivity index (χ0v) is 10.8. The molecule has 2 aromatic heterocycles. The predicted molar refractivity (Wildman–Crippen MR) is 66.9 cm³/mol. The number of nitrogens with zero attached hydrogens (tertiary/aromatic N) is 4. The van der Waals surface area contributed by atoms with E-state index in [-0.39, 0.29) is 12.5 Å². The minimum absolute atomic E-state index is 0.0544. The Kier molecular flexibility index (Phi) is 3.22. The highest BCUT2D eigenvalue weighted by Crippen LogP contribution is 2.21. The van der Waals surface area contributed by atoms with Gasteiger partial charge in [0.15, 0.2) is 5.65 Å². The Labute approximate surface area is 105 Å². The highest BCUT2D eigenvalue weighted by Gasteiger charge is 2.18. The maximum Gasteiger partial charge on any atom is 0.326 e. The van der Waals surface area contributed by atoms with Crippen molar-refractivity contribution in [2.75, 3.05) is 12.3 Å². The number of anilines is 1. The Hall–Kier alpha value is -2.05. The third kappa shape index (κ3) is 1.92. The lowest BCUT2D eigenvalue weighted by molar-refractivity contribution is -0.143. The van der Waals surface area contributed by atoms with Gasteiger partial charge in [-0.15, -0.1) is 0 Å². The van der Waals surface area contributed by atoms with Crippen LogP contribution in [0.2, 0.25) is 0 Å². The van der Waals surface area contributed by atoms with Crippen molar-refractivity contribution in [3.05, 3.63) is 5.69 Å². The van der Waals surface area contributed by atoms with E-state index in [0.717, 1.165) is 23.3 Å². The van der Waals surface area contributed by atoms with E-state index in [2.05, 4.69) is 10.1 Å². The summed E-state index contributed by atoms with van der Waals surface area (Å²) in [6.07, 6.45) is 0.771. The molecule has 0 radical (unpaired) electrons. The summed E-state index contributed by atoms with van der Waals surface area (Å²) in [5.41, 5.74) is 8.21. The summed E-state index contributed by atoms with van der Waals surface area (Å²) < 4.78 is 8.24. The quantitative estimate of drug-likeness (QED) is 0.798. The zero-order chi connectivity index (χ0) is 13.3. The van der Waals surface area contributed by atoms with Gasteiger partial charge in [0, 0.05) is 7.05 Å². The van der Waals surface area contributed by atoms with Crippen LogP contribution < -0.4 is 5.73 Å². The van der Waals surface area contributed by atoms with Crippen molar-refractivity contribution in [2.24, 2.45) is 7.05 Å². The Bertz CT molecular complexity index is 584. The number of rotatable bonds is 4. The van der Waals surface area contributed by atoms with E-state index in [1.807, 2.05) is 14.0 Å². The summed E-state index contributed by atoms with van der Waals surface area (Å²) in [5.74, 6) is -0.0245. The maximum atomic E-state index is 11.5. The van der Waals surface area contributed by atoms with Crippen molar-refractivity contribution >= 4 is 23.1 Å². The number of aromatic nitrogens is 4. The second-order valence-corrected chi connectivity index (χ2v) is 3.96. The van der Waals surface area contributed by atoms with E-state index in [9.17, 15) is 4.79 Å². The van der Waals surface area contributed by atoms with Crippen LogP contribution in [-0.2, 0) is 29.5 Å². The molecule has 0 spiro atoms. The molecule has 0 bridgehead atoms. The minimum Gasteiger partial charge on any atom is -0.465 e. The van der Waals surface area contributed by atoms with E-state index in [0.29, 0.717) is 12.6 Å². The number of ether oxygens (including phenoxy) is 1. The van der Waals surface area contributed by atoms with Gasteiger partial charge in [-0.25, -0.2) is 4.98 Å². The van der Waals surface area contributed by atoms with E-state index >= 15 is 0 Å². The topological polar surface area (TPSA) is 88.0 Å². The first-order chi connectivity index (χ1) is 8.58. The summed E-state index contributed by atoms with van der Waals surface area (Å²) in [4.78, 5) is 15.8. The number of nitrogen functional groups attached to an aromatic ring is 1. The van der Waals surface area contributed by atoms with Crippen LogP contribution in [0, 0.1) is 0 Å². The molecule has 0 atom stereocenters. The highest BCUT2D eigenvalue weighted by atomic mass is 16.5. The maximum absolute atomic E-state index is 11.5. The molecule has 0 aliphatic heterocycles. The van der Waals surface area contributed by atoms with Gasteiger partial charge in [0.2, 0.25) is 5.95 Å². The molecule has 0 amide bonds. The average molecular weight is 251 g/mol. The molecule has 0 aromatic carbocycles. The molecule has 2 heterocycles. The molecule has 0 fully saturated rings. The minimum atomic E-state index is -0.331. The van der Waals surface area contributed by atoms with E-state index in [1.54, 1.807) is 16.2 Å². The van der Waals surface area contributed by atoms with E-state index in [4.69, 9.17) is 10.5 Å². The number of carbonyl (C=O) groups excluding carboxylic acids is 1. The zero-order valence-electron chi connectivity index (χ0n) is 10.8. The van der Waals surface area contributed by atoms with Crippen LogP contribution in [0.3, 0.4) is 0 Å². The van der Waals surface area contributed by atoms with Crippen molar-refractivity contribution in [1.82, 2.24) is 19.3 Å². The van der Waals surface area contributed by atoms with Gasteiger partial charge in [-0.2, -0.15) is 5.10 Å². The molecule has 7 heteroatoms. The Balaban J connectivity index is 2.46. The molecule has 0 aliphatic carbocycles. The second-order valence-electron chi connectivity index (χ2n) is 3.96. The van der Waals surface area contributed by atoms with Crippen LogP contribution in [0.15, 0.2) is 0 Å². The monoisotopic (exact) mass is 251 g/mol. The van der Waals surface area contributed by atoms with Gasteiger partial charge in [-0.1, -0.05) is 6.92 Å². The van der Waals surface area contributed by atoms with Crippen LogP contribution in [0.25, 0.3) is 11.2 Å². The van der Waals surface area contributed by atoms with Crippen LogP contribution in [0.1, 0.15) is 19.5 Å². The van der Waals surface area contributed by atoms with E-state index < -0.39 is 0 Å². The standard InChI is InChI=1S/C11H17N5O2/c1-4-7-9-10(15(3)14-7)16(11(12)13-9)6-8(17)18-5-2/h4-6H2,1-3H3,(H2,12,13). The average Bonchev–Trinajstić information content (AvgIpc) is 2.79. The van der Waals surface area contributed by atoms with Gasteiger partial charge in [-0.3, -0.25) is 14.0 Å². The number of carbonyl (C=O) groups is 1. The predicted octanol–water partition coefficient (Wildman–Crippen LogP) is 0.477. The molecule has 0 saturated heterocycles. The first-order valence-electron chi connectivity index (χ1n) is 5.91. The molecule has 98 valence electrons. The van der Waals surface area contributed by atoms with E-state index in [1.165, 1.54) is 0 Å². The van der Waals surface area contributed by atoms with Crippen molar-refractivity contribution in [2.45, 2.75) is 26.8 Å². The van der Waals surface area contributed by atoms with Gasteiger partial charge in [-0.05, 0) is 13.3 Å². The Morgan fingerprint density at radius 3 is 2.78 bits per heavy atom. The van der Waals surface area contributed by atoms with Crippen molar-refractivity contribution in [3.8, 4) is 0 Å². The lowest BCUT2D eigenvalue weighted by Gasteiger charge is -2.06. The van der Waals surface area contributed by atoms with Crippen molar-refractivity contribution < 1.29 is 9.53 Å². The Morgan fingerprint density at radius 1 is 1.44 bits per heavy atom. The van der Waals surface area contributed by atoms with Crippen LogP contribution in [0.5, 0.6) is 0 Å². The second kappa shape index (κ2) is 4.67. The highest BCUT2D eigenvalue weighted by molar-refractivity contribution is 5.80. The number of esters is 1. The molecule has 2 N–H and O–H groups in total. The SMILES string of the molecule is CCOC(=O)Cn1c(N)nc2c(CC)nn(C)c21. The van der Waals surface area contributed by atoms with Crippen LogP contribution in [0.4, 0.5) is 5.95 Å². The molecule has 0 unspecified atom stereocenters. The Morgan fingerprint density at radius 2 is 2.17 bits per heavy atom. The van der Waals surface area contributed by atoms with Crippen LogP contribution in [-0.4, -0.2) is 31.9 Å². The summed E-state index contributed by atoms with van der Waals surface area (Å²) in [5, 5.41) is 4.35. The fraction of sp³-hybridized carbons (Fsp3) is 0.545. The first-order valence-corrected chi connectivity index (χ1v) is 5.91. The third-order valence-electron chi connectivity index (χ3n) is 2.75. The normalized spacial score (nSPS) is 11.1. The fourth-order valence-electron chi connectivity index (χ4n) is 1.99. The third-order valence-corrected chi connectivity index (χ3v) is 2.75. The molecule has 0 aliphatic rings. The van der Waals surface area contributed by atoms with Gasteiger partial charge < -0.3 is 10.5 Å².